The Labute approximate surface area is 136 Å². The zero-order chi connectivity index (χ0) is 16.9. The summed E-state index contributed by atoms with van der Waals surface area (Å²) in [6.45, 7) is 0.130. The van der Waals surface area contributed by atoms with E-state index in [1.165, 1.54) is 18.2 Å². The number of aliphatic hydroxyl groups is 1. The Balaban J connectivity index is 2.36. The molecule has 7 heteroatoms. The van der Waals surface area contributed by atoms with Gasteiger partial charge in [-0.15, -0.1) is 13.2 Å². The lowest BCUT2D eigenvalue weighted by atomic mass is 10.0. The number of halogens is 4. The van der Waals surface area contributed by atoms with Crippen molar-refractivity contribution in [1.82, 2.24) is 0 Å². The molecule has 0 amide bonds. The molecule has 0 saturated heterocycles. The van der Waals surface area contributed by atoms with Gasteiger partial charge in [0.15, 0.2) is 0 Å². The molecule has 2 aromatic rings. The van der Waals surface area contributed by atoms with Crippen molar-refractivity contribution in [3.63, 3.8) is 0 Å². The number of alkyl halides is 3. The molecular weight excluding hydrogens is 333 g/mol. The van der Waals surface area contributed by atoms with E-state index in [-0.39, 0.29) is 30.3 Å². The molecule has 0 unspecified atom stereocenters. The minimum absolute atomic E-state index is 0.0630. The first-order chi connectivity index (χ1) is 10.9. The number of hydrogen-bond donors (Lipinski definition) is 1. The van der Waals surface area contributed by atoms with Gasteiger partial charge in [-0.1, -0.05) is 23.7 Å². The van der Waals surface area contributed by atoms with E-state index in [0.29, 0.717) is 17.0 Å². The van der Waals surface area contributed by atoms with E-state index < -0.39 is 6.36 Å². The molecule has 0 saturated carbocycles. The molecular formula is C16H14ClF3O3. The third-order valence-corrected chi connectivity index (χ3v) is 3.12. The summed E-state index contributed by atoms with van der Waals surface area (Å²) in [5.74, 6) is -0.148. The van der Waals surface area contributed by atoms with Gasteiger partial charge in [0.1, 0.15) is 11.5 Å². The second-order valence-corrected chi connectivity index (χ2v) is 5.08. The van der Waals surface area contributed by atoms with Crippen LogP contribution in [0.5, 0.6) is 11.5 Å². The molecule has 0 atom stereocenters. The smallest absolute Gasteiger partial charge is 0.493 e. The van der Waals surface area contributed by atoms with Gasteiger partial charge in [0, 0.05) is 29.7 Å². The summed E-state index contributed by atoms with van der Waals surface area (Å²) in [5.41, 5.74) is 0.748. The zero-order valence-electron chi connectivity index (χ0n) is 11.9. The second kappa shape index (κ2) is 7.57. The molecule has 0 aliphatic rings. The highest BCUT2D eigenvalue weighted by Crippen LogP contribution is 2.37. The van der Waals surface area contributed by atoms with Gasteiger partial charge in [-0.05, 0) is 29.8 Å². The fourth-order valence-electron chi connectivity index (χ4n) is 1.95. The van der Waals surface area contributed by atoms with Crippen LogP contribution in [0.15, 0.2) is 42.5 Å². The number of ether oxygens (including phenoxy) is 2. The predicted octanol–water partition coefficient (Wildman–Crippen LogP) is 4.67. The number of benzene rings is 2. The van der Waals surface area contributed by atoms with E-state index in [2.05, 4.69) is 4.74 Å². The zero-order valence-corrected chi connectivity index (χ0v) is 12.7. The second-order valence-electron chi connectivity index (χ2n) is 4.64. The molecule has 0 heterocycles. The van der Waals surface area contributed by atoms with Crippen molar-refractivity contribution < 1.29 is 27.8 Å². The third kappa shape index (κ3) is 5.33. The quantitative estimate of drug-likeness (QED) is 0.773. The minimum atomic E-state index is -4.82. The van der Waals surface area contributed by atoms with Crippen molar-refractivity contribution >= 4 is 11.6 Å². The molecule has 2 rings (SSSR count). The maximum absolute atomic E-state index is 12.6. The van der Waals surface area contributed by atoms with Gasteiger partial charge < -0.3 is 14.6 Å². The lowest BCUT2D eigenvalue weighted by Gasteiger charge is -2.15. The fraction of sp³-hybridized carbons (Fsp3) is 0.250. The average molecular weight is 347 g/mol. The molecule has 0 aliphatic heterocycles. The van der Waals surface area contributed by atoms with Gasteiger partial charge in [0.25, 0.3) is 0 Å². The summed E-state index contributed by atoms with van der Waals surface area (Å²) < 4.78 is 47.3. The lowest BCUT2D eigenvalue weighted by molar-refractivity contribution is -0.274. The van der Waals surface area contributed by atoms with Crippen LogP contribution in [-0.2, 0) is 0 Å². The average Bonchev–Trinajstić information content (AvgIpc) is 2.46. The van der Waals surface area contributed by atoms with Crippen LogP contribution >= 0.6 is 11.6 Å². The normalized spacial score (nSPS) is 11.3. The van der Waals surface area contributed by atoms with Gasteiger partial charge in [0.2, 0.25) is 0 Å². The minimum Gasteiger partial charge on any atom is -0.493 e. The molecule has 0 spiro atoms. The van der Waals surface area contributed by atoms with E-state index in [1.54, 1.807) is 24.3 Å². The summed E-state index contributed by atoms with van der Waals surface area (Å²) in [6, 6.07) is 10.6. The van der Waals surface area contributed by atoms with E-state index in [4.69, 9.17) is 21.4 Å². The van der Waals surface area contributed by atoms with Crippen LogP contribution in [0.1, 0.15) is 6.42 Å². The first kappa shape index (κ1) is 17.4. The molecule has 0 aromatic heterocycles. The van der Waals surface area contributed by atoms with Crippen LogP contribution in [0, 0.1) is 0 Å². The molecule has 3 nitrogen and oxygen atoms in total. The fourth-order valence-corrected chi connectivity index (χ4v) is 2.14. The van der Waals surface area contributed by atoms with E-state index in [1.807, 2.05) is 0 Å². The van der Waals surface area contributed by atoms with Crippen LogP contribution in [-0.4, -0.2) is 24.7 Å². The van der Waals surface area contributed by atoms with Crippen LogP contribution in [0.25, 0.3) is 11.1 Å². The van der Waals surface area contributed by atoms with Crippen molar-refractivity contribution in [2.24, 2.45) is 0 Å². The third-order valence-electron chi connectivity index (χ3n) is 2.89. The lowest BCUT2D eigenvalue weighted by Crippen LogP contribution is -2.17. The Hall–Kier alpha value is -1.92. The Morgan fingerprint density at radius 2 is 1.87 bits per heavy atom. The topological polar surface area (TPSA) is 38.7 Å². The summed E-state index contributed by atoms with van der Waals surface area (Å²) in [6.07, 6.45) is -4.44. The van der Waals surface area contributed by atoms with Crippen LogP contribution in [0.3, 0.4) is 0 Å². The first-order valence-corrected chi connectivity index (χ1v) is 7.16. The van der Waals surface area contributed by atoms with Crippen molar-refractivity contribution in [3.8, 4) is 22.6 Å². The molecule has 124 valence electrons. The molecule has 2 aromatic carbocycles. The van der Waals surface area contributed by atoms with E-state index >= 15 is 0 Å². The van der Waals surface area contributed by atoms with E-state index in [0.717, 1.165) is 0 Å². The standard InChI is InChI=1S/C16H14ClF3O3/c17-12-4-1-3-11(9-12)14-6-5-13(22-8-2-7-21)10-15(14)23-16(18,19)20/h1,3-6,9-10,21H,2,7-8H2. The van der Waals surface area contributed by atoms with Crippen LogP contribution < -0.4 is 9.47 Å². The first-order valence-electron chi connectivity index (χ1n) is 6.78. The van der Waals surface area contributed by atoms with E-state index in [9.17, 15) is 13.2 Å². The molecule has 0 fully saturated rings. The highest BCUT2D eigenvalue weighted by molar-refractivity contribution is 6.30. The Kier molecular flexibility index (Phi) is 5.74. The molecule has 0 radical (unpaired) electrons. The van der Waals surface area contributed by atoms with Crippen molar-refractivity contribution in [3.05, 3.63) is 47.5 Å². The van der Waals surface area contributed by atoms with Gasteiger partial charge >= 0.3 is 6.36 Å². The summed E-state index contributed by atoms with van der Waals surface area (Å²) in [4.78, 5) is 0. The number of hydrogen-bond acceptors (Lipinski definition) is 3. The largest absolute Gasteiger partial charge is 0.573 e. The monoisotopic (exact) mass is 346 g/mol. The Morgan fingerprint density at radius 3 is 2.52 bits per heavy atom. The number of aliphatic hydroxyl groups excluding tert-OH is 1. The highest BCUT2D eigenvalue weighted by Gasteiger charge is 2.32. The molecule has 1 N–H and O–H groups in total. The van der Waals surface area contributed by atoms with Gasteiger partial charge in [-0.2, -0.15) is 0 Å². The number of rotatable bonds is 6. The van der Waals surface area contributed by atoms with Gasteiger partial charge in [-0.25, -0.2) is 0 Å². The Morgan fingerprint density at radius 1 is 1.09 bits per heavy atom. The maximum atomic E-state index is 12.6. The maximum Gasteiger partial charge on any atom is 0.573 e. The summed E-state index contributed by atoms with van der Waals surface area (Å²) in [7, 11) is 0. The predicted molar refractivity (Wildman–Crippen MR) is 80.8 cm³/mol. The van der Waals surface area contributed by atoms with Crippen LogP contribution in [0.4, 0.5) is 13.2 Å². The molecule has 0 aliphatic carbocycles. The SMILES string of the molecule is OCCCOc1ccc(-c2cccc(Cl)c2)c(OC(F)(F)F)c1. The molecule has 23 heavy (non-hydrogen) atoms. The summed E-state index contributed by atoms with van der Waals surface area (Å²) >= 11 is 5.88. The Bertz CT molecular complexity index is 659. The van der Waals surface area contributed by atoms with Gasteiger partial charge in [-0.3, -0.25) is 0 Å². The summed E-state index contributed by atoms with van der Waals surface area (Å²) in [5, 5.41) is 9.11. The van der Waals surface area contributed by atoms with Gasteiger partial charge in [0.05, 0.1) is 6.61 Å². The van der Waals surface area contributed by atoms with Crippen molar-refractivity contribution in [2.45, 2.75) is 12.8 Å². The van der Waals surface area contributed by atoms with Crippen LogP contribution in [0.2, 0.25) is 5.02 Å². The highest BCUT2D eigenvalue weighted by atomic mass is 35.5. The molecule has 0 bridgehead atoms. The van der Waals surface area contributed by atoms with Crippen molar-refractivity contribution in [1.29, 1.82) is 0 Å². The van der Waals surface area contributed by atoms with Crippen molar-refractivity contribution in [2.75, 3.05) is 13.2 Å².